The molecule has 0 spiro atoms. The van der Waals surface area contributed by atoms with E-state index in [0.29, 0.717) is 23.1 Å². The summed E-state index contributed by atoms with van der Waals surface area (Å²) in [5, 5.41) is 3.79. The molecule has 0 heterocycles. The summed E-state index contributed by atoms with van der Waals surface area (Å²) in [7, 11) is 0. The van der Waals surface area contributed by atoms with Crippen LogP contribution in [0.25, 0.3) is 0 Å². The van der Waals surface area contributed by atoms with Crippen LogP contribution < -0.4 is 5.32 Å². The van der Waals surface area contributed by atoms with Crippen LogP contribution >= 0.6 is 23.2 Å². The lowest BCUT2D eigenvalue weighted by Gasteiger charge is -2.29. The number of rotatable bonds is 9. The van der Waals surface area contributed by atoms with Gasteiger partial charge < -0.3 is 10.2 Å². The van der Waals surface area contributed by atoms with Crippen LogP contribution in [-0.4, -0.2) is 29.3 Å². The van der Waals surface area contributed by atoms with E-state index in [0.717, 1.165) is 29.5 Å². The van der Waals surface area contributed by atoms with E-state index in [1.165, 1.54) is 0 Å². The fourth-order valence-electron chi connectivity index (χ4n) is 3.02. The minimum Gasteiger partial charge on any atom is -0.354 e. The Hall–Kier alpha value is -2.04. The molecule has 29 heavy (non-hydrogen) atoms. The molecule has 1 unspecified atom stereocenters. The molecule has 0 saturated heterocycles. The Morgan fingerprint density at radius 2 is 1.83 bits per heavy atom. The number of nitrogens with one attached hydrogen (secondary N) is 1. The summed E-state index contributed by atoms with van der Waals surface area (Å²) in [5.41, 5.74) is 2.86. The van der Waals surface area contributed by atoms with Crippen molar-refractivity contribution in [2.24, 2.45) is 0 Å². The summed E-state index contributed by atoms with van der Waals surface area (Å²) in [4.78, 5) is 27.4. The standard InChI is InChI=1S/C23H28Cl2N2O2/c1-4-5-12-26-23(29)17(3)27(15-19-9-7-6-8-16(19)2)22(28)14-18-10-11-20(24)21(25)13-18/h6-11,13,17H,4-5,12,14-15H2,1-3H3,(H,26,29). The Morgan fingerprint density at radius 1 is 1.10 bits per heavy atom. The van der Waals surface area contributed by atoms with Gasteiger partial charge in [0.2, 0.25) is 11.8 Å². The van der Waals surface area contributed by atoms with Crippen LogP contribution in [0.1, 0.15) is 43.4 Å². The summed E-state index contributed by atoms with van der Waals surface area (Å²) in [6, 6.07) is 12.5. The van der Waals surface area contributed by atoms with Crippen LogP contribution in [0.15, 0.2) is 42.5 Å². The van der Waals surface area contributed by atoms with E-state index < -0.39 is 6.04 Å². The Bertz CT molecular complexity index is 855. The van der Waals surface area contributed by atoms with Crippen molar-refractivity contribution in [2.75, 3.05) is 6.54 Å². The fraction of sp³-hybridized carbons (Fsp3) is 0.391. The van der Waals surface area contributed by atoms with E-state index in [9.17, 15) is 9.59 Å². The third kappa shape index (κ3) is 6.76. The number of carbonyl (C=O) groups is 2. The van der Waals surface area contributed by atoms with Crippen molar-refractivity contribution in [3.8, 4) is 0 Å². The van der Waals surface area contributed by atoms with Gasteiger partial charge in [0, 0.05) is 13.1 Å². The summed E-state index contributed by atoms with van der Waals surface area (Å²) < 4.78 is 0. The van der Waals surface area contributed by atoms with Gasteiger partial charge in [-0.2, -0.15) is 0 Å². The number of benzene rings is 2. The van der Waals surface area contributed by atoms with Gasteiger partial charge in [-0.05, 0) is 49.1 Å². The molecule has 156 valence electrons. The van der Waals surface area contributed by atoms with Gasteiger partial charge in [-0.25, -0.2) is 0 Å². The number of amides is 2. The maximum absolute atomic E-state index is 13.2. The molecular formula is C23H28Cl2N2O2. The van der Waals surface area contributed by atoms with Crippen molar-refractivity contribution < 1.29 is 9.59 Å². The molecule has 2 aromatic rings. The van der Waals surface area contributed by atoms with Gasteiger partial charge in [0.25, 0.3) is 0 Å². The molecule has 4 nitrogen and oxygen atoms in total. The lowest BCUT2D eigenvalue weighted by Crippen LogP contribution is -2.48. The second-order valence-electron chi connectivity index (χ2n) is 7.19. The number of halogens is 2. The molecule has 0 aromatic heterocycles. The molecule has 0 bridgehead atoms. The average molecular weight is 435 g/mol. The van der Waals surface area contributed by atoms with Crippen molar-refractivity contribution in [1.29, 1.82) is 0 Å². The number of carbonyl (C=O) groups excluding carboxylic acids is 2. The molecule has 0 saturated carbocycles. The van der Waals surface area contributed by atoms with Crippen molar-refractivity contribution >= 4 is 35.0 Å². The summed E-state index contributed by atoms with van der Waals surface area (Å²) >= 11 is 12.1. The summed E-state index contributed by atoms with van der Waals surface area (Å²) in [5.74, 6) is -0.278. The molecule has 0 radical (unpaired) electrons. The second-order valence-corrected chi connectivity index (χ2v) is 8.01. The molecule has 0 aliphatic carbocycles. The van der Waals surface area contributed by atoms with Gasteiger partial charge in [0.1, 0.15) is 6.04 Å². The number of hydrogen-bond acceptors (Lipinski definition) is 2. The molecule has 0 fully saturated rings. The minimum absolute atomic E-state index is 0.134. The Balaban J connectivity index is 2.22. The summed E-state index contributed by atoms with van der Waals surface area (Å²) in [6.07, 6.45) is 2.06. The van der Waals surface area contributed by atoms with Gasteiger partial charge >= 0.3 is 0 Å². The highest BCUT2D eigenvalue weighted by Crippen LogP contribution is 2.23. The average Bonchev–Trinajstić information content (AvgIpc) is 2.69. The van der Waals surface area contributed by atoms with Crippen molar-refractivity contribution in [2.45, 2.75) is 52.6 Å². The Morgan fingerprint density at radius 3 is 2.48 bits per heavy atom. The van der Waals surface area contributed by atoms with Crippen LogP contribution in [0.2, 0.25) is 10.0 Å². The van der Waals surface area contributed by atoms with Crippen LogP contribution in [0.4, 0.5) is 0 Å². The lowest BCUT2D eigenvalue weighted by atomic mass is 10.1. The van der Waals surface area contributed by atoms with E-state index in [2.05, 4.69) is 12.2 Å². The molecular weight excluding hydrogens is 407 g/mol. The highest BCUT2D eigenvalue weighted by molar-refractivity contribution is 6.42. The van der Waals surface area contributed by atoms with Crippen molar-refractivity contribution in [3.63, 3.8) is 0 Å². The zero-order valence-electron chi connectivity index (χ0n) is 17.2. The van der Waals surface area contributed by atoms with Gasteiger partial charge in [-0.1, -0.05) is 66.9 Å². The van der Waals surface area contributed by atoms with Gasteiger partial charge in [-0.15, -0.1) is 0 Å². The Kier molecular flexibility index (Phi) is 8.99. The fourth-order valence-corrected chi connectivity index (χ4v) is 3.34. The topological polar surface area (TPSA) is 49.4 Å². The molecule has 2 amide bonds. The molecule has 1 N–H and O–H groups in total. The zero-order chi connectivity index (χ0) is 21.4. The maximum Gasteiger partial charge on any atom is 0.242 e. The molecule has 2 aromatic carbocycles. The van der Waals surface area contributed by atoms with E-state index in [-0.39, 0.29) is 18.2 Å². The SMILES string of the molecule is CCCCNC(=O)C(C)N(Cc1ccccc1C)C(=O)Cc1ccc(Cl)c(Cl)c1. The third-order valence-electron chi connectivity index (χ3n) is 4.94. The van der Waals surface area contributed by atoms with E-state index >= 15 is 0 Å². The number of aryl methyl sites for hydroxylation is 1. The van der Waals surface area contributed by atoms with Gasteiger partial charge in [0.05, 0.1) is 16.5 Å². The number of unbranched alkanes of at least 4 members (excludes halogenated alkanes) is 1. The van der Waals surface area contributed by atoms with Crippen LogP contribution in [0.5, 0.6) is 0 Å². The van der Waals surface area contributed by atoms with Crippen LogP contribution in [-0.2, 0) is 22.6 Å². The second kappa shape index (κ2) is 11.2. The van der Waals surface area contributed by atoms with Crippen LogP contribution in [0, 0.1) is 6.92 Å². The third-order valence-corrected chi connectivity index (χ3v) is 5.68. The quantitative estimate of drug-likeness (QED) is 0.552. The molecule has 1 atom stereocenters. The first-order valence-electron chi connectivity index (χ1n) is 9.89. The number of hydrogen-bond donors (Lipinski definition) is 1. The predicted octanol–water partition coefficient (Wildman–Crippen LogP) is 5.18. The molecule has 6 heteroatoms. The normalized spacial score (nSPS) is 11.8. The first-order valence-corrected chi connectivity index (χ1v) is 10.6. The van der Waals surface area contributed by atoms with Gasteiger partial charge in [-0.3, -0.25) is 9.59 Å². The predicted molar refractivity (Wildman–Crippen MR) is 119 cm³/mol. The van der Waals surface area contributed by atoms with Gasteiger partial charge in [0.15, 0.2) is 0 Å². The first kappa shape index (κ1) is 23.2. The largest absolute Gasteiger partial charge is 0.354 e. The molecule has 0 aliphatic heterocycles. The van der Waals surface area contributed by atoms with E-state index in [4.69, 9.17) is 23.2 Å². The number of nitrogens with zero attached hydrogens (tertiary/aromatic N) is 1. The van der Waals surface area contributed by atoms with E-state index in [1.807, 2.05) is 31.2 Å². The van der Waals surface area contributed by atoms with Crippen molar-refractivity contribution in [3.05, 3.63) is 69.2 Å². The van der Waals surface area contributed by atoms with Crippen LogP contribution in [0.3, 0.4) is 0 Å². The molecule has 2 rings (SSSR count). The smallest absolute Gasteiger partial charge is 0.242 e. The molecule has 0 aliphatic rings. The highest BCUT2D eigenvalue weighted by atomic mass is 35.5. The zero-order valence-corrected chi connectivity index (χ0v) is 18.7. The minimum atomic E-state index is -0.582. The maximum atomic E-state index is 13.2. The Labute approximate surface area is 183 Å². The summed E-state index contributed by atoms with van der Waals surface area (Å²) in [6.45, 7) is 6.82. The first-order chi connectivity index (χ1) is 13.8. The monoisotopic (exact) mass is 434 g/mol. The highest BCUT2D eigenvalue weighted by Gasteiger charge is 2.26. The van der Waals surface area contributed by atoms with E-state index in [1.54, 1.807) is 30.0 Å². The van der Waals surface area contributed by atoms with Crippen molar-refractivity contribution in [1.82, 2.24) is 10.2 Å². The lowest BCUT2D eigenvalue weighted by molar-refractivity contribution is -0.140.